The second-order valence-electron chi connectivity index (χ2n) is 10.4. The van der Waals surface area contributed by atoms with Gasteiger partial charge in [0.25, 0.3) is 0 Å². The highest BCUT2D eigenvalue weighted by Gasteiger charge is 2.35. The molecule has 3 aromatic rings. The average Bonchev–Trinajstić information content (AvgIpc) is 2.82. The number of benzene rings is 3. The van der Waals surface area contributed by atoms with E-state index in [1.807, 2.05) is 39.8 Å². The molecule has 0 heterocycles. The fourth-order valence-corrected chi connectivity index (χ4v) is 4.66. The summed E-state index contributed by atoms with van der Waals surface area (Å²) < 4.78 is 63.3. The molecule has 0 N–H and O–H groups in total. The Labute approximate surface area is 215 Å². The lowest BCUT2D eigenvalue weighted by Crippen LogP contribution is -2.24. The van der Waals surface area contributed by atoms with E-state index in [0.29, 0.717) is 33.6 Å². The summed E-state index contributed by atoms with van der Waals surface area (Å²) in [5.74, 6) is -0.298. The van der Waals surface area contributed by atoms with Crippen LogP contribution in [0.15, 0.2) is 54.6 Å². The van der Waals surface area contributed by atoms with Crippen LogP contribution in [0, 0.1) is 17.1 Å². The third kappa shape index (κ3) is 5.74. The molecule has 37 heavy (non-hydrogen) atoms. The molecule has 0 aliphatic carbocycles. The van der Waals surface area contributed by atoms with Gasteiger partial charge in [-0.2, -0.15) is 5.26 Å². The first kappa shape index (κ1) is 28.0. The van der Waals surface area contributed by atoms with E-state index >= 15 is 0 Å². The highest BCUT2D eigenvalue weighted by molar-refractivity contribution is 5.55. The van der Waals surface area contributed by atoms with Crippen molar-refractivity contribution in [3.8, 4) is 17.6 Å². The summed E-state index contributed by atoms with van der Waals surface area (Å²) >= 11 is 0. The van der Waals surface area contributed by atoms with Gasteiger partial charge in [0.15, 0.2) is 0 Å². The van der Waals surface area contributed by atoms with Crippen LogP contribution in [0.3, 0.4) is 0 Å². The number of halogens is 4. The van der Waals surface area contributed by atoms with E-state index in [4.69, 9.17) is 4.74 Å². The van der Waals surface area contributed by atoms with Crippen LogP contribution in [-0.2, 0) is 10.8 Å². The Hall–Kier alpha value is -3.53. The molecule has 7 heteroatoms. The summed E-state index contributed by atoms with van der Waals surface area (Å²) in [6.45, 7) is 11.1. The molecule has 3 rings (SSSR count). The Morgan fingerprint density at radius 3 is 1.95 bits per heavy atom. The molecule has 0 bridgehead atoms. The normalized spacial score (nSPS) is 12.4. The highest BCUT2D eigenvalue weighted by atomic mass is 19.4. The van der Waals surface area contributed by atoms with Crippen LogP contribution >= 0.6 is 0 Å². The number of nitriles is 1. The minimum atomic E-state index is -4.82. The number of methoxy groups -OCH3 is 1. The van der Waals surface area contributed by atoms with Gasteiger partial charge in [-0.25, -0.2) is 4.39 Å². The maximum absolute atomic E-state index is 14.1. The summed E-state index contributed by atoms with van der Waals surface area (Å²) in [4.78, 5) is 0. The van der Waals surface area contributed by atoms with Gasteiger partial charge in [-0.1, -0.05) is 65.8 Å². The first-order chi connectivity index (χ1) is 17.1. The summed E-state index contributed by atoms with van der Waals surface area (Å²) in [6.07, 6.45) is -4.82. The number of ether oxygens (including phenoxy) is 2. The Morgan fingerprint density at radius 2 is 1.38 bits per heavy atom. The van der Waals surface area contributed by atoms with E-state index in [0.717, 1.165) is 5.56 Å². The Morgan fingerprint density at radius 1 is 0.784 bits per heavy atom. The van der Waals surface area contributed by atoms with Crippen LogP contribution in [0.25, 0.3) is 0 Å². The van der Waals surface area contributed by atoms with Gasteiger partial charge in [-0.3, -0.25) is 0 Å². The Balaban J connectivity index is 2.12. The van der Waals surface area contributed by atoms with Crippen molar-refractivity contribution in [2.75, 3.05) is 7.11 Å². The van der Waals surface area contributed by atoms with Crippen LogP contribution in [0.1, 0.15) is 80.8 Å². The van der Waals surface area contributed by atoms with Gasteiger partial charge >= 0.3 is 6.36 Å². The first-order valence-electron chi connectivity index (χ1n) is 11.9. The predicted molar refractivity (Wildman–Crippen MR) is 136 cm³/mol. The lowest BCUT2D eigenvalue weighted by Gasteiger charge is -2.31. The summed E-state index contributed by atoms with van der Waals surface area (Å²) in [5.41, 5.74) is 1.92. The number of alkyl halides is 3. The SMILES string of the molecule is COc1ccc(F)cc1C(C)(C)c1ccc(C(C)(C)c2ccc(C(C)C)c(OC(F)(F)F)c2)c(C#N)c1. The van der Waals surface area contributed by atoms with Crippen molar-refractivity contribution in [1.82, 2.24) is 0 Å². The largest absolute Gasteiger partial charge is 0.573 e. The summed E-state index contributed by atoms with van der Waals surface area (Å²) in [7, 11) is 1.51. The van der Waals surface area contributed by atoms with Crippen molar-refractivity contribution in [2.24, 2.45) is 0 Å². The maximum Gasteiger partial charge on any atom is 0.573 e. The molecule has 0 fully saturated rings. The number of rotatable bonds is 7. The first-order valence-corrected chi connectivity index (χ1v) is 11.9. The van der Waals surface area contributed by atoms with Crippen molar-refractivity contribution in [1.29, 1.82) is 5.26 Å². The van der Waals surface area contributed by atoms with Crippen molar-refractivity contribution in [3.63, 3.8) is 0 Å². The Bertz CT molecular complexity index is 1330. The van der Waals surface area contributed by atoms with E-state index < -0.39 is 23.0 Å². The quantitative estimate of drug-likeness (QED) is 0.298. The molecular weight excluding hydrogens is 482 g/mol. The lowest BCUT2D eigenvalue weighted by atomic mass is 9.72. The van der Waals surface area contributed by atoms with Gasteiger partial charge in [0.05, 0.1) is 18.7 Å². The van der Waals surface area contributed by atoms with Gasteiger partial charge in [-0.05, 0) is 58.5 Å². The molecular formula is C30H31F4NO2. The molecule has 0 saturated carbocycles. The molecule has 0 aromatic heterocycles. The molecule has 0 saturated heterocycles. The van der Waals surface area contributed by atoms with E-state index in [9.17, 15) is 22.8 Å². The van der Waals surface area contributed by atoms with Crippen molar-refractivity contribution < 1.29 is 27.0 Å². The smallest absolute Gasteiger partial charge is 0.496 e. The van der Waals surface area contributed by atoms with Gasteiger partial charge in [0.1, 0.15) is 17.3 Å². The van der Waals surface area contributed by atoms with Gasteiger partial charge in [0.2, 0.25) is 0 Å². The predicted octanol–water partition coefficient (Wildman–Crippen LogP) is 8.38. The number of hydrogen-bond acceptors (Lipinski definition) is 3. The van der Waals surface area contributed by atoms with Gasteiger partial charge in [0, 0.05) is 16.4 Å². The monoisotopic (exact) mass is 513 g/mol. The molecule has 0 spiro atoms. The standard InChI is InChI=1S/C30H31F4NO2/c1-18(2)23-11-8-21(15-27(23)37-30(32,33)34)28(3,4)24-12-9-20(14-19(24)17-35)29(5,6)25-16-22(31)10-13-26(25)36-7/h8-16,18H,1-7H3. The van der Waals surface area contributed by atoms with Crippen LogP contribution in [0.4, 0.5) is 17.6 Å². The van der Waals surface area contributed by atoms with E-state index in [2.05, 4.69) is 10.8 Å². The van der Waals surface area contributed by atoms with Crippen LogP contribution in [-0.4, -0.2) is 13.5 Å². The minimum absolute atomic E-state index is 0.175. The molecule has 0 atom stereocenters. The molecule has 0 aliphatic rings. The van der Waals surface area contributed by atoms with Gasteiger partial charge < -0.3 is 9.47 Å². The second-order valence-corrected chi connectivity index (χ2v) is 10.4. The average molecular weight is 514 g/mol. The topological polar surface area (TPSA) is 42.2 Å². The summed E-state index contributed by atoms with van der Waals surface area (Å²) in [6, 6.07) is 16.8. The zero-order chi connectivity index (χ0) is 27.8. The fraction of sp³-hybridized carbons (Fsp3) is 0.367. The maximum atomic E-state index is 14.1. The van der Waals surface area contributed by atoms with Crippen molar-refractivity contribution in [3.05, 3.63) is 93.8 Å². The zero-order valence-electron chi connectivity index (χ0n) is 22.0. The van der Waals surface area contributed by atoms with E-state index in [-0.39, 0.29) is 11.7 Å². The van der Waals surface area contributed by atoms with Crippen molar-refractivity contribution >= 4 is 0 Å². The molecule has 3 nitrogen and oxygen atoms in total. The third-order valence-electron chi connectivity index (χ3n) is 6.95. The van der Waals surface area contributed by atoms with Crippen molar-refractivity contribution in [2.45, 2.75) is 64.7 Å². The van der Waals surface area contributed by atoms with Crippen LogP contribution in [0.2, 0.25) is 0 Å². The number of nitrogens with zero attached hydrogens (tertiary/aromatic N) is 1. The third-order valence-corrected chi connectivity index (χ3v) is 6.95. The van der Waals surface area contributed by atoms with Crippen LogP contribution in [0.5, 0.6) is 11.5 Å². The highest BCUT2D eigenvalue weighted by Crippen LogP contribution is 2.42. The van der Waals surface area contributed by atoms with Crippen LogP contribution < -0.4 is 9.47 Å². The molecule has 0 radical (unpaired) electrons. The number of hydrogen-bond donors (Lipinski definition) is 0. The Kier molecular flexibility index (Phi) is 7.64. The van der Waals surface area contributed by atoms with E-state index in [1.54, 1.807) is 38.1 Å². The minimum Gasteiger partial charge on any atom is -0.496 e. The fourth-order valence-electron chi connectivity index (χ4n) is 4.66. The van der Waals surface area contributed by atoms with Gasteiger partial charge in [-0.15, -0.1) is 13.2 Å². The van der Waals surface area contributed by atoms with E-state index in [1.165, 1.54) is 25.3 Å². The lowest BCUT2D eigenvalue weighted by molar-refractivity contribution is -0.275. The zero-order valence-corrected chi connectivity index (χ0v) is 22.0. The molecule has 0 aliphatic heterocycles. The molecule has 0 unspecified atom stereocenters. The summed E-state index contributed by atoms with van der Waals surface area (Å²) in [5, 5.41) is 10.1. The molecule has 0 amide bonds. The second kappa shape index (κ2) is 10.1. The molecule has 3 aromatic carbocycles. The molecule has 196 valence electrons.